The molecule has 0 saturated heterocycles. The summed E-state index contributed by atoms with van der Waals surface area (Å²) < 4.78 is 5.29. The summed E-state index contributed by atoms with van der Waals surface area (Å²) in [5.74, 6) is 0.760. The molecule has 84 valence electrons. The highest BCUT2D eigenvalue weighted by molar-refractivity contribution is 6.33. The van der Waals surface area contributed by atoms with Crippen LogP contribution in [0.4, 0.5) is 0 Å². The molecule has 3 rings (SSSR count). The predicted molar refractivity (Wildman–Crippen MR) is 66.7 cm³/mol. The predicted octanol–water partition coefficient (Wildman–Crippen LogP) is 3.99. The topological polar surface area (TPSA) is 41.8 Å². The Hall–Kier alpha value is -2.00. The van der Waals surface area contributed by atoms with E-state index in [4.69, 9.17) is 16.0 Å². The molecule has 4 heteroatoms. The summed E-state index contributed by atoms with van der Waals surface area (Å²) in [6.07, 6.45) is 1.63. The van der Waals surface area contributed by atoms with Gasteiger partial charge in [-0.1, -0.05) is 29.8 Å². The van der Waals surface area contributed by atoms with Crippen molar-refractivity contribution in [2.75, 3.05) is 0 Å². The van der Waals surface area contributed by atoms with E-state index in [1.807, 2.05) is 42.5 Å². The van der Waals surface area contributed by atoms with Gasteiger partial charge in [0.1, 0.15) is 5.69 Å². The number of aromatic amines is 1. The van der Waals surface area contributed by atoms with Gasteiger partial charge in [-0.15, -0.1) is 0 Å². The first-order valence-electron chi connectivity index (χ1n) is 5.19. The number of halogens is 1. The zero-order chi connectivity index (χ0) is 11.7. The minimum absolute atomic E-state index is 0.685. The summed E-state index contributed by atoms with van der Waals surface area (Å²) in [5.41, 5.74) is 2.55. The fourth-order valence-corrected chi connectivity index (χ4v) is 1.92. The van der Waals surface area contributed by atoms with Crippen molar-refractivity contribution in [3.05, 3.63) is 53.8 Å². The molecule has 0 amide bonds. The Bertz CT molecular complexity index is 628. The monoisotopic (exact) mass is 244 g/mol. The fraction of sp³-hybridized carbons (Fsp3) is 0. The fourth-order valence-electron chi connectivity index (χ4n) is 1.69. The number of nitrogens with zero attached hydrogens (tertiary/aromatic N) is 1. The van der Waals surface area contributed by atoms with Gasteiger partial charge in [-0.2, -0.15) is 5.10 Å². The van der Waals surface area contributed by atoms with E-state index in [0.29, 0.717) is 5.02 Å². The van der Waals surface area contributed by atoms with E-state index in [1.165, 1.54) is 0 Å². The van der Waals surface area contributed by atoms with Crippen LogP contribution >= 0.6 is 11.6 Å². The Labute approximate surface area is 103 Å². The van der Waals surface area contributed by atoms with Crippen LogP contribution < -0.4 is 0 Å². The van der Waals surface area contributed by atoms with E-state index in [2.05, 4.69) is 10.2 Å². The highest BCUT2D eigenvalue weighted by Gasteiger charge is 2.09. The van der Waals surface area contributed by atoms with Crippen LogP contribution in [0.2, 0.25) is 5.02 Å². The van der Waals surface area contributed by atoms with Crippen LogP contribution in [0.1, 0.15) is 0 Å². The van der Waals surface area contributed by atoms with Crippen molar-refractivity contribution in [1.29, 1.82) is 0 Å². The number of aromatic nitrogens is 2. The Balaban J connectivity index is 2.04. The summed E-state index contributed by atoms with van der Waals surface area (Å²) >= 11 is 6.12. The van der Waals surface area contributed by atoms with Crippen LogP contribution in [0.5, 0.6) is 0 Å². The molecule has 0 spiro atoms. The van der Waals surface area contributed by atoms with Gasteiger partial charge in [-0.25, -0.2) is 0 Å². The van der Waals surface area contributed by atoms with Crippen molar-refractivity contribution in [3.8, 4) is 22.7 Å². The lowest BCUT2D eigenvalue weighted by atomic mass is 10.1. The van der Waals surface area contributed by atoms with Gasteiger partial charge in [-0.05, 0) is 24.3 Å². The lowest BCUT2D eigenvalue weighted by Gasteiger charge is -1.97. The minimum Gasteiger partial charge on any atom is -0.463 e. The molecule has 0 radical (unpaired) electrons. The highest BCUT2D eigenvalue weighted by Crippen LogP contribution is 2.28. The molecule has 3 nitrogen and oxygen atoms in total. The maximum atomic E-state index is 6.12. The number of benzene rings is 1. The molecule has 0 fully saturated rings. The molecule has 2 heterocycles. The Morgan fingerprint density at radius 2 is 2.00 bits per heavy atom. The molecule has 0 saturated carbocycles. The Morgan fingerprint density at radius 3 is 2.76 bits per heavy atom. The average molecular weight is 245 g/mol. The number of hydrogen-bond donors (Lipinski definition) is 1. The van der Waals surface area contributed by atoms with Gasteiger partial charge in [0.15, 0.2) is 5.76 Å². The van der Waals surface area contributed by atoms with E-state index in [1.54, 1.807) is 6.26 Å². The quantitative estimate of drug-likeness (QED) is 0.741. The van der Waals surface area contributed by atoms with Gasteiger partial charge in [0.25, 0.3) is 0 Å². The van der Waals surface area contributed by atoms with Crippen molar-refractivity contribution in [2.45, 2.75) is 0 Å². The molecule has 0 aliphatic carbocycles. The van der Waals surface area contributed by atoms with Crippen molar-refractivity contribution in [2.24, 2.45) is 0 Å². The summed E-state index contributed by atoms with van der Waals surface area (Å²) in [6, 6.07) is 13.2. The molecular formula is C13H9ClN2O. The third-order valence-electron chi connectivity index (χ3n) is 2.51. The molecule has 3 aromatic rings. The number of nitrogens with one attached hydrogen (secondary N) is 1. The first-order chi connectivity index (χ1) is 8.34. The molecule has 0 atom stereocenters. The third-order valence-corrected chi connectivity index (χ3v) is 2.84. The molecule has 0 aliphatic rings. The summed E-state index contributed by atoms with van der Waals surface area (Å²) in [7, 11) is 0. The number of hydrogen-bond acceptors (Lipinski definition) is 2. The largest absolute Gasteiger partial charge is 0.463 e. The van der Waals surface area contributed by atoms with Gasteiger partial charge in [0, 0.05) is 5.56 Å². The van der Waals surface area contributed by atoms with Crippen LogP contribution in [-0.4, -0.2) is 10.2 Å². The van der Waals surface area contributed by atoms with Crippen LogP contribution in [0, 0.1) is 0 Å². The van der Waals surface area contributed by atoms with Crippen molar-refractivity contribution in [1.82, 2.24) is 10.2 Å². The summed E-state index contributed by atoms with van der Waals surface area (Å²) in [4.78, 5) is 0. The molecule has 0 bridgehead atoms. The van der Waals surface area contributed by atoms with Gasteiger partial charge < -0.3 is 4.42 Å². The van der Waals surface area contributed by atoms with Crippen molar-refractivity contribution < 1.29 is 4.42 Å². The number of H-pyrrole nitrogens is 1. The highest BCUT2D eigenvalue weighted by atomic mass is 35.5. The summed E-state index contributed by atoms with van der Waals surface area (Å²) in [5, 5.41) is 7.85. The third kappa shape index (κ3) is 1.85. The second-order valence-corrected chi connectivity index (χ2v) is 4.03. The molecule has 0 aliphatic heterocycles. The zero-order valence-corrected chi connectivity index (χ0v) is 9.61. The van der Waals surface area contributed by atoms with Gasteiger partial charge in [0.05, 0.1) is 17.0 Å². The Morgan fingerprint density at radius 1 is 1.12 bits per heavy atom. The summed E-state index contributed by atoms with van der Waals surface area (Å²) in [6.45, 7) is 0. The SMILES string of the molecule is Clc1ccccc1-c1cc(-c2ccco2)[nH]n1. The van der Waals surface area contributed by atoms with Crippen LogP contribution in [0.3, 0.4) is 0 Å². The van der Waals surface area contributed by atoms with E-state index >= 15 is 0 Å². The minimum atomic E-state index is 0.685. The average Bonchev–Trinajstić information content (AvgIpc) is 3.00. The van der Waals surface area contributed by atoms with Gasteiger partial charge in [0.2, 0.25) is 0 Å². The van der Waals surface area contributed by atoms with E-state index < -0.39 is 0 Å². The zero-order valence-electron chi connectivity index (χ0n) is 8.85. The first-order valence-corrected chi connectivity index (χ1v) is 5.56. The molecule has 1 aromatic carbocycles. The van der Waals surface area contributed by atoms with Crippen molar-refractivity contribution >= 4 is 11.6 Å². The smallest absolute Gasteiger partial charge is 0.151 e. The lowest BCUT2D eigenvalue weighted by molar-refractivity contribution is 0.580. The standard InChI is InChI=1S/C13H9ClN2O/c14-10-5-2-1-4-9(10)11-8-12(16-15-11)13-6-3-7-17-13/h1-8H,(H,15,16). The second-order valence-electron chi connectivity index (χ2n) is 3.62. The van der Waals surface area contributed by atoms with Gasteiger partial charge >= 0.3 is 0 Å². The van der Waals surface area contributed by atoms with E-state index in [-0.39, 0.29) is 0 Å². The number of rotatable bonds is 2. The van der Waals surface area contributed by atoms with Crippen LogP contribution in [-0.2, 0) is 0 Å². The van der Waals surface area contributed by atoms with Crippen LogP contribution in [0.15, 0.2) is 53.1 Å². The first kappa shape index (κ1) is 10.2. The maximum absolute atomic E-state index is 6.12. The molecule has 0 unspecified atom stereocenters. The lowest BCUT2D eigenvalue weighted by Crippen LogP contribution is -1.78. The normalized spacial score (nSPS) is 10.6. The molecule has 1 N–H and O–H groups in total. The van der Waals surface area contributed by atoms with E-state index in [9.17, 15) is 0 Å². The number of furan rings is 1. The Kier molecular flexibility index (Phi) is 2.46. The van der Waals surface area contributed by atoms with Crippen LogP contribution in [0.25, 0.3) is 22.7 Å². The molecular weight excluding hydrogens is 236 g/mol. The molecule has 2 aromatic heterocycles. The maximum Gasteiger partial charge on any atom is 0.151 e. The molecule has 17 heavy (non-hydrogen) atoms. The van der Waals surface area contributed by atoms with E-state index in [0.717, 1.165) is 22.7 Å². The van der Waals surface area contributed by atoms with Gasteiger partial charge in [-0.3, -0.25) is 5.10 Å². The van der Waals surface area contributed by atoms with Crippen molar-refractivity contribution in [3.63, 3.8) is 0 Å². The second kappa shape index (κ2) is 4.11.